The van der Waals surface area contributed by atoms with Crippen LogP contribution in [0.3, 0.4) is 0 Å². The third-order valence-electron chi connectivity index (χ3n) is 5.97. The van der Waals surface area contributed by atoms with Crippen molar-refractivity contribution in [3.63, 3.8) is 0 Å². The third kappa shape index (κ3) is 8.53. The monoisotopic (exact) mass is 496 g/mol. The highest BCUT2D eigenvalue weighted by molar-refractivity contribution is 5.57. The van der Waals surface area contributed by atoms with Gasteiger partial charge in [-0.2, -0.15) is 4.98 Å². The van der Waals surface area contributed by atoms with Crippen LogP contribution in [0.4, 0.5) is 30.6 Å². The van der Waals surface area contributed by atoms with Crippen molar-refractivity contribution in [2.45, 2.75) is 64.4 Å². The van der Waals surface area contributed by atoms with Crippen LogP contribution in [0, 0.1) is 16.0 Å². The number of nitrogens with one attached hydrogen (secondary N) is 3. The molecule has 3 N–H and O–H groups in total. The second kappa shape index (κ2) is 12.5. The summed E-state index contributed by atoms with van der Waals surface area (Å²) in [4.78, 5) is 19.0. The molecule has 0 aliphatic heterocycles. The zero-order valence-electron chi connectivity index (χ0n) is 19.6. The Hall–Kier alpha value is -3.15. The summed E-state index contributed by atoms with van der Waals surface area (Å²) in [6.45, 7) is 3.68. The molecule has 1 aliphatic carbocycles. The molecule has 0 spiro atoms. The van der Waals surface area contributed by atoms with E-state index in [0.29, 0.717) is 18.5 Å². The van der Waals surface area contributed by atoms with Gasteiger partial charge in [0.2, 0.25) is 11.8 Å². The van der Waals surface area contributed by atoms with Gasteiger partial charge in [-0.15, -0.1) is 13.2 Å². The summed E-state index contributed by atoms with van der Waals surface area (Å²) in [5.41, 5.74) is -0.0168. The number of nitro groups is 1. The maximum Gasteiger partial charge on any atom is 0.573 e. The van der Waals surface area contributed by atoms with Gasteiger partial charge in [0.15, 0.2) is 0 Å². The zero-order chi connectivity index (χ0) is 25.3. The molecule has 3 rings (SSSR count). The van der Waals surface area contributed by atoms with Crippen LogP contribution in [0.5, 0.6) is 5.75 Å². The number of hydrogen-bond acceptors (Lipinski definition) is 8. The summed E-state index contributed by atoms with van der Waals surface area (Å²) in [6.07, 6.45) is 2.74. The molecule has 192 valence electrons. The molecule has 1 aliphatic rings. The summed E-state index contributed by atoms with van der Waals surface area (Å²) >= 11 is 0. The molecule has 0 bridgehead atoms. The molecule has 2 aromatic rings. The normalized spacial score (nSPS) is 18.2. The molecule has 0 radical (unpaired) electrons. The Labute approximate surface area is 202 Å². The van der Waals surface area contributed by atoms with E-state index in [1.54, 1.807) is 6.07 Å². The fraction of sp³-hybridized carbons (Fsp3) is 0.565. The van der Waals surface area contributed by atoms with Crippen LogP contribution in [0.1, 0.15) is 51.0 Å². The number of alkyl halides is 3. The lowest BCUT2D eigenvalue weighted by Gasteiger charge is -2.29. The lowest BCUT2D eigenvalue weighted by atomic mass is 9.86. The highest BCUT2D eigenvalue weighted by Gasteiger charge is 2.32. The number of aromatic nitrogens is 2. The molecule has 1 aromatic heterocycles. The van der Waals surface area contributed by atoms with Crippen LogP contribution in [0.25, 0.3) is 0 Å². The van der Waals surface area contributed by atoms with Gasteiger partial charge in [0.1, 0.15) is 11.9 Å². The minimum Gasteiger partial charge on any atom is -0.405 e. The van der Waals surface area contributed by atoms with E-state index in [0.717, 1.165) is 51.3 Å². The molecule has 0 unspecified atom stereocenters. The van der Waals surface area contributed by atoms with E-state index in [-0.39, 0.29) is 35.3 Å². The van der Waals surface area contributed by atoms with Gasteiger partial charge >= 0.3 is 12.0 Å². The third-order valence-corrected chi connectivity index (χ3v) is 5.97. The van der Waals surface area contributed by atoms with Crippen LogP contribution < -0.4 is 20.7 Å². The van der Waals surface area contributed by atoms with Gasteiger partial charge in [-0.1, -0.05) is 31.5 Å². The molecule has 1 saturated carbocycles. The van der Waals surface area contributed by atoms with Crippen LogP contribution in [-0.2, 0) is 6.54 Å². The van der Waals surface area contributed by atoms with E-state index in [9.17, 15) is 23.3 Å². The van der Waals surface area contributed by atoms with Crippen molar-refractivity contribution in [3.8, 4) is 5.75 Å². The van der Waals surface area contributed by atoms with Crippen LogP contribution in [0.2, 0.25) is 0 Å². The molecule has 0 saturated heterocycles. The number of nitrogens with zero attached hydrogens (tertiary/aromatic N) is 3. The van der Waals surface area contributed by atoms with Gasteiger partial charge in [-0.3, -0.25) is 10.1 Å². The summed E-state index contributed by atoms with van der Waals surface area (Å²) in [7, 11) is 0. The zero-order valence-corrected chi connectivity index (χ0v) is 19.6. The van der Waals surface area contributed by atoms with Gasteiger partial charge in [0.05, 0.1) is 4.92 Å². The standard InChI is InChI=1S/C23H31F3N6O3/c1-2-3-12-27-18-10-8-16(9-11-18)13-28-21-19(32(33)34)15-30-22(31-21)29-14-17-6-4-5-7-20(17)35-23(24,25)26/h4-7,15-16,18,27H,2-3,8-14H2,1H3,(H2,28,29,30,31). The molecule has 1 aromatic carbocycles. The second-order valence-corrected chi connectivity index (χ2v) is 8.60. The minimum absolute atomic E-state index is 0.0570. The van der Waals surface area contributed by atoms with E-state index >= 15 is 0 Å². The summed E-state index contributed by atoms with van der Waals surface area (Å²) in [5.74, 6) is 0.170. The molecule has 1 heterocycles. The molecule has 0 atom stereocenters. The molecule has 12 heteroatoms. The van der Waals surface area contributed by atoms with Gasteiger partial charge in [-0.05, 0) is 50.6 Å². The first-order chi connectivity index (χ1) is 16.7. The van der Waals surface area contributed by atoms with Crippen LogP contribution >= 0.6 is 0 Å². The molecule has 0 amide bonds. The largest absolute Gasteiger partial charge is 0.573 e. The number of rotatable bonds is 12. The van der Waals surface area contributed by atoms with Crippen molar-refractivity contribution < 1.29 is 22.8 Å². The first kappa shape index (κ1) is 26.5. The lowest BCUT2D eigenvalue weighted by Crippen LogP contribution is -2.35. The van der Waals surface area contributed by atoms with Gasteiger partial charge in [0.25, 0.3) is 0 Å². The van der Waals surface area contributed by atoms with E-state index in [4.69, 9.17) is 0 Å². The van der Waals surface area contributed by atoms with Crippen molar-refractivity contribution >= 4 is 17.5 Å². The number of halogens is 3. The van der Waals surface area contributed by atoms with E-state index in [2.05, 4.69) is 37.6 Å². The van der Waals surface area contributed by atoms with Crippen molar-refractivity contribution in [2.75, 3.05) is 23.7 Å². The highest BCUT2D eigenvalue weighted by atomic mass is 19.4. The molecule has 9 nitrogen and oxygen atoms in total. The summed E-state index contributed by atoms with van der Waals surface area (Å²) in [5, 5.41) is 20.9. The number of unbranched alkanes of at least 4 members (excludes halogenated alkanes) is 1. The van der Waals surface area contributed by atoms with Gasteiger partial charge < -0.3 is 20.7 Å². The average molecular weight is 497 g/mol. The van der Waals surface area contributed by atoms with Crippen molar-refractivity contribution in [1.29, 1.82) is 0 Å². The van der Waals surface area contributed by atoms with Gasteiger partial charge in [0, 0.05) is 24.7 Å². The fourth-order valence-corrected chi connectivity index (χ4v) is 4.07. The summed E-state index contributed by atoms with van der Waals surface area (Å²) < 4.78 is 42.0. The topological polar surface area (TPSA) is 114 Å². The Balaban J connectivity index is 1.59. The first-order valence-corrected chi connectivity index (χ1v) is 11.8. The van der Waals surface area contributed by atoms with Crippen LogP contribution in [-0.4, -0.2) is 40.4 Å². The average Bonchev–Trinajstić information content (AvgIpc) is 2.82. The lowest BCUT2D eigenvalue weighted by molar-refractivity contribution is -0.384. The molecule has 35 heavy (non-hydrogen) atoms. The number of ether oxygens (including phenoxy) is 1. The van der Waals surface area contributed by atoms with Crippen molar-refractivity contribution in [3.05, 3.63) is 46.1 Å². The Kier molecular flexibility index (Phi) is 9.47. The van der Waals surface area contributed by atoms with Crippen LogP contribution in [0.15, 0.2) is 30.5 Å². The Morgan fingerprint density at radius 1 is 1.17 bits per heavy atom. The maximum absolute atomic E-state index is 12.6. The highest BCUT2D eigenvalue weighted by Crippen LogP contribution is 2.29. The van der Waals surface area contributed by atoms with Crippen molar-refractivity contribution in [2.24, 2.45) is 5.92 Å². The quantitative estimate of drug-likeness (QED) is 0.207. The number of anilines is 2. The number of benzene rings is 1. The Bertz CT molecular complexity index is 968. The van der Waals surface area contributed by atoms with Crippen molar-refractivity contribution in [1.82, 2.24) is 15.3 Å². The minimum atomic E-state index is -4.82. The summed E-state index contributed by atoms with van der Waals surface area (Å²) in [6, 6.07) is 6.22. The van der Waals surface area contributed by atoms with Gasteiger partial charge in [-0.25, -0.2) is 4.98 Å². The second-order valence-electron chi connectivity index (χ2n) is 8.60. The Morgan fingerprint density at radius 3 is 2.60 bits per heavy atom. The Morgan fingerprint density at radius 2 is 1.91 bits per heavy atom. The smallest absolute Gasteiger partial charge is 0.405 e. The fourth-order valence-electron chi connectivity index (χ4n) is 4.07. The maximum atomic E-state index is 12.6. The SMILES string of the molecule is CCCCNC1CCC(CNc2nc(NCc3ccccc3OC(F)(F)F)ncc2[N+](=O)[O-])CC1. The number of para-hydroxylation sites is 1. The predicted molar refractivity (Wildman–Crippen MR) is 126 cm³/mol. The molecule has 1 fully saturated rings. The number of hydrogen-bond donors (Lipinski definition) is 3. The first-order valence-electron chi connectivity index (χ1n) is 11.8. The van der Waals surface area contributed by atoms with E-state index < -0.39 is 11.3 Å². The predicted octanol–water partition coefficient (Wildman–Crippen LogP) is 5.26. The van der Waals surface area contributed by atoms with E-state index in [1.165, 1.54) is 18.2 Å². The molecular weight excluding hydrogens is 465 g/mol. The molecular formula is C23H31F3N6O3. The van der Waals surface area contributed by atoms with E-state index in [1.807, 2.05) is 0 Å².